The predicted octanol–water partition coefficient (Wildman–Crippen LogP) is 1.63. The van der Waals surface area contributed by atoms with Crippen molar-refractivity contribution in [2.75, 3.05) is 0 Å². The SMILES string of the molecule is CC(C)(Cc1ccc2nnnc-2cc1)C(=O)O. The molecule has 0 atom stereocenters. The number of aliphatic carboxylic acids is 1. The van der Waals surface area contributed by atoms with Crippen molar-refractivity contribution >= 4 is 5.97 Å². The Hall–Kier alpha value is -2.04. The number of nitrogens with zero attached hydrogens (tertiary/aromatic N) is 3. The largest absolute Gasteiger partial charge is 0.481 e. The van der Waals surface area contributed by atoms with Crippen LogP contribution in [-0.4, -0.2) is 26.5 Å². The van der Waals surface area contributed by atoms with Gasteiger partial charge in [-0.3, -0.25) is 4.79 Å². The Balaban J connectivity index is 2.31. The van der Waals surface area contributed by atoms with Crippen LogP contribution in [0.2, 0.25) is 0 Å². The van der Waals surface area contributed by atoms with Crippen molar-refractivity contribution in [3.05, 3.63) is 29.8 Å². The number of rotatable bonds is 3. The minimum absolute atomic E-state index is 0.465. The van der Waals surface area contributed by atoms with Gasteiger partial charge in [0.1, 0.15) is 11.4 Å². The molecule has 0 fully saturated rings. The summed E-state index contributed by atoms with van der Waals surface area (Å²) in [6, 6.07) is 7.35. The van der Waals surface area contributed by atoms with Crippen LogP contribution in [0.15, 0.2) is 24.3 Å². The van der Waals surface area contributed by atoms with Crippen LogP contribution >= 0.6 is 0 Å². The first-order chi connectivity index (χ1) is 7.99. The van der Waals surface area contributed by atoms with E-state index in [4.69, 9.17) is 5.11 Å². The zero-order chi connectivity index (χ0) is 12.5. The van der Waals surface area contributed by atoms with Crippen LogP contribution in [0.5, 0.6) is 0 Å². The van der Waals surface area contributed by atoms with Crippen LogP contribution in [0.3, 0.4) is 0 Å². The summed E-state index contributed by atoms with van der Waals surface area (Å²) in [5.41, 5.74) is 1.59. The maximum Gasteiger partial charge on any atom is 0.309 e. The van der Waals surface area contributed by atoms with Gasteiger partial charge in [0, 0.05) is 0 Å². The lowest BCUT2D eigenvalue weighted by molar-refractivity contribution is -0.146. The van der Waals surface area contributed by atoms with E-state index in [9.17, 15) is 4.79 Å². The van der Waals surface area contributed by atoms with Crippen molar-refractivity contribution in [3.63, 3.8) is 0 Å². The zero-order valence-corrected chi connectivity index (χ0v) is 9.71. The third-order valence-corrected chi connectivity index (χ3v) is 2.70. The monoisotopic (exact) mass is 231 g/mol. The quantitative estimate of drug-likeness (QED) is 0.868. The summed E-state index contributed by atoms with van der Waals surface area (Å²) in [5, 5.41) is 20.4. The van der Waals surface area contributed by atoms with Crippen LogP contribution in [-0.2, 0) is 11.2 Å². The van der Waals surface area contributed by atoms with Gasteiger partial charge in [-0.05, 0) is 43.2 Å². The Labute approximate surface area is 98.8 Å². The van der Waals surface area contributed by atoms with Gasteiger partial charge in [-0.25, -0.2) is 0 Å². The van der Waals surface area contributed by atoms with E-state index in [0.29, 0.717) is 17.8 Å². The molecule has 2 rings (SSSR count). The van der Waals surface area contributed by atoms with Crippen molar-refractivity contribution in [3.8, 4) is 11.4 Å². The lowest BCUT2D eigenvalue weighted by Crippen LogP contribution is -2.25. The lowest BCUT2D eigenvalue weighted by atomic mass is 9.86. The van der Waals surface area contributed by atoms with E-state index in [1.54, 1.807) is 13.8 Å². The van der Waals surface area contributed by atoms with Gasteiger partial charge in [0.05, 0.1) is 5.41 Å². The molecule has 0 aromatic rings. The molecule has 1 heterocycles. The number of hydrogen-bond acceptors (Lipinski definition) is 4. The molecule has 0 spiro atoms. The number of carboxylic acid groups (broad SMARTS) is 1. The summed E-state index contributed by atoms with van der Waals surface area (Å²) >= 11 is 0. The Bertz CT molecular complexity index is 494. The molecule has 1 aliphatic carbocycles. The molecule has 0 saturated carbocycles. The van der Waals surface area contributed by atoms with Crippen molar-refractivity contribution in [1.29, 1.82) is 0 Å². The van der Waals surface area contributed by atoms with E-state index < -0.39 is 11.4 Å². The number of carbonyl (C=O) groups is 1. The second-order valence-corrected chi connectivity index (χ2v) is 4.67. The molecule has 0 radical (unpaired) electrons. The van der Waals surface area contributed by atoms with Crippen molar-refractivity contribution in [2.45, 2.75) is 20.3 Å². The smallest absolute Gasteiger partial charge is 0.309 e. The average molecular weight is 231 g/mol. The zero-order valence-electron chi connectivity index (χ0n) is 9.71. The molecule has 2 aliphatic rings. The maximum absolute atomic E-state index is 11.1. The first kappa shape index (κ1) is 11.4. The standard InChI is InChI=1S/C12H13N3O2/c1-12(2,11(16)17)7-8-3-5-9-10(6-4-8)14-15-13-9/h3-6H,7H2,1-2H3,(H,16,17). The van der Waals surface area contributed by atoms with E-state index in [2.05, 4.69) is 15.4 Å². The van der Waals surface area contributed by atoms with Gasteiger partial charge in [0.2, 0.25) is 0 Å². The van der Waals surface area contributed by atoms with Crippen molar-refractivity contribution in [1.82, 2.24) is 15.4 Å². The van der Waals surface area contributed by atoms with Crippen LogP contribution in [0.4, 0.5) is 0 Å². The van der Waals surface area contributed by atoms with Crippen molar-refractivity contribution in [2.24, 2.45) is 5.41 Å². The summed E-state index contributed by atoms with van der Waals surface area (Å²) < 4.78 is 0. The number of fused-ring (bicyclic) bond motifs is 1. The van der Waals surface area contributed by atoms with E-state index in [1.165, 1.54) is 0 Å². The fraction of sp³-hybridized carbons (Fsp3) is 0.333. The van der Waals surface area contributed by atoms with Gasteiger partial charge in [-0.2, -0.15) is 0 Å². The maximum atomic E-state index is 11.1. The highest BCUT2D eigenvalue weighted by molar-refractivity contribution is 5.74. The minimum atomic E-state index is -0.805. The van der Waals surface area contributed by atoms with Crippen LogP contribution in [0, 0.1) is 5.41 Å². The number of aromatic nitrogens is 3. The van der Waals surface area contributed by atoms with E-state index >= 15 is 0 Å². The second-order valence-electron chi connectivity index (χ2n) is 4.67. The minimum Gasteiger partial charge on any atom is -0.481 e. The first-order valence-electron chi connectivity index (χ1n) is 5.30. The average Bonchev–Trinajstić information content (AvgIpc) is 2.62. The molecule has 88 valence electrons. The molecule has 0 aromatic carbocycles. The van der Waals surface area contributed by atoms with Crippen LogP contribution in [0.25, 0.3) is 11.4 Å². The van der Waals surface area contributed by atoms with E-state index in [-0.39, 0.29) is 0 Å². The van der Waals surface area contributed by atoms with Gasteiger partial charge >= 0.3 is 5.97 Å². The molecule has 17 heavy (non-hydrogen) atoms. The number of hydrogen-bond donors (Lipinski definition) is 1. The van der Waals surface area contributed by atoms with E-state index in [0.717, 1.165) is 5.56 Å². The molecule has 0 aromatic heterocycles. The fourth-order valence-electron chi connectivity index (χ4n) is 1.59. The molecular formula is C12H13N3O2. The summed E-state index contributed by atoms with van der Waals surface area (Å²) in [7, 11) is 0. The third-order valence-electron chi connectivity index (χ3n) is 2.70. The molecular weight excluding hydrogens is 218 g/mol. The highest BCUT2D eigenvalue weighted by Gasteiger charge is 2.27. The highest BCUT2D eigenvalue weighted by Crippen LogP contribution is 2.23. The molecule has 0 bridgehead atoms. The van der Waals surface area contributed by atoms with Crippen LogP contribution < -0.4 is 0 Å². The molecule has 1 aliphatic heterocycles. The summed E-state index contributed by atoms with van der Waals surface area (Å²) in [4.78, 5) is 11.1. The number of carboxylic acids is 1. The van der Waals surface area contributed by atoms with Gasteiger partial charge in [0.15, 0.2) is 0 Å². The molecule has 5 heteroatoms. The second kappa shape index (κ2) is 4.08. The van der Waals surface area contributed by atoms with E-state index in [1.807, 2.05) is 24.3 Å². The molecule has 1 N–H and O–H groups in total. The van der Waals surface area contributed by atoms with Gasteiger partial charge < -0.3 is 5.11 Å². The summed E-state index contributed by atoms with van der Waals surface area (Å²) in [6.07, 6.45) is 0.465. The molecule has 0 amide bonds. The predicted molar refractivity (Wildman–Crippen MR) is 61.6 cm³/mol. The fourth-order valence-corrected chi connectivity index (χ4v) is 1.59. The normalized spacial score (nSPS) is 11.6. The first-order valence-corrected chi connectivity index (χ1v) is 5.30. The lowest BCUT2D eigenvalue weighted by Gasteiger charge is -2.18. The molecule has 0 saturated heterocycles. The van der Waals surface area contributed by atoms with Gasteiger partial charge in [0.25, 0.3) is 0 Å². The Kier molecular flexibility index (Phi) is 2.75. The van der Waals surface area contributed by atoms with Gasteiger partial charge in [-0.1, -0.05) is 12.1 Å². The Morgan fingerprint density at radius 3 is 2.18 bits per heavy atom. The summed E-state index contributed by atoms with van der Waals surface area (Å²) in [5.74, 6) is -0.805. The van der Waals surface area contributed by atoms with Crippen LogP contribution in [0.1, 0.15) is 19.4 Å². The Morgan fingerprint density at radius 1 is 1.18 bits per heavy atom. The third kappa shape index (κ3) is 2.38. The van der Waals surface area contributed by atoms with Crippen molar-refractivity contribution < 1.29 is 9.90 Å². The summed E-state index contributed by atoms with van der Waals surface area (Å²) in [6.45, 7) is 3.42. The Morgan fingerprint density at radius 2 is 1.71 bits per heavy atom. The molecule has 0 unspecified atom stereocenters. The topological polar surface area (TPSA) is 76.0 Å². The van der Waals surface area contributed by atoms with Gasteiger partial charge in [-0.15, -0.1) is 10.2 Å². The molecule has 5 nitrogen and oxygen atoms in total. The highest BCUT2D eigenvalue weighted by atomic mass is 16.4.